The molecule has 1 heterocycles. The van der Waals surface area contributed by atoms with Crippen LogP contribution in [0.25, 0.3) is 0 Å². The van der Waals surface area contributed by atoms with Crippen LogP contribution < -0.4 is 10.1 Å². The Morgan fingerprint density at radius 1 is 1.17 bits per heavy atom. The number of aryl methyl sites for hydroxylation is 1. The Hall–Kier alpha value is -1.94. The molecule has 2 atom stereocenters. The average molecular weight is 325 g/mol. The Morgan fingerprint density at radius 3 is 2.74 bits per heavy atom. The Morgan fingerprint density at radius 2 is 1.96 bits per heavy atom. The summed E-state index contributed by atoms with van der Waals surface area (Å²) in [7, 11) is 1.67. The molecule has 2 aromatic carbocycles. The fourth-order valence-electron chi connectivity index (χ4n) is 3.72. The highest BCUT2D eigenvalue weighted by Crippen LogP contribution is 2.54. The lowest BCUT2D eigenvalue weighted by Gasteiger charge is -2.40. The van der Waals surface area contributed by atoms with Crippen LogP contribution in [0.1, 0.15) is 17.5 Å². The van der Waals surface area contributed by atoms with Crippen LogP contribution in [0.3, 0.4) is 0 Å². The highest BCUT2D eigenvalue weighted by molar-refractivity contribution is 8.01. The molecule has 2 aliphatic rings. The van der Waals surface area contributed by atoms with Crippen LogP contribution >= 0.6 is 11.8 Å². The van der Waals surface area contributed by atoms with E-state index in [-0.39, 0.29) is 10.8 Å². The lowest BCUT2D eigenvalue weighted by Crippen LogP contribution is -2.42. The molecular weight excluding hydrogens is 306 g/mol. The summed E-state index contributed by atoms with van der Waals surface area (Å²) in [5.74, 6) is 1.83. The van der Waals surface area contributed by atoms with Gasteiger partial charge in [-0.2, -0.15) is 0 Å². The van der Waals surface area contributed by atoms with E-state index in [0.29, 0.717) is 11.5 Å². The van der Waals surface area contributed by atoms with Crippen molar-refractivity contribution in [1.82, 2.24) is 0 Å². The smallest absolute Gasteiger partial charge is 0.149 e. The molecule has 1 saturated heterocycles. The van der Waals surface area contributed by atoms with Crippen molar-refractivity contribution in [3.05, 3.63) is 59.7 Å². The topological polar surface area (TPSA) is 38.3 Å². The number of benzene rings is 2. The Bertz CT molecular complexity index is 743. The molecule has 0 aromatic heterocycles. The molecule has 118 valence electrons. The Kier molecular flexibility index (Phi) is 3.57. The maximum atomic E-state index is 12.4. The van der Waals surface area contributed by atoms with Gasteiger partial charge in [-0.15, -0.1) is 11.8 Å². The van der Waals surface area contributed by atoms with E-state index in [9.17, 15) is 4.79 Å². The second-order valence-electron chi connectivity index (χ2n) is 6.09. The molecule has 23 heavy (non-hydrogen) atoms. The van der Waals surface area contributed by atoms with Crippen LogP contribution in [0.2, 0.25) is 0 Å². The number of carbonyl (C=O) groups excluding carboxylic acids is 1. The number of rotatable bonds is 3. The van der Waals surface area contributed by atoms with Gasteiger partial charge < -0.3 is 10.1 Å². The number of fused-ring (bicyclic) bond motifs is 3. The van der Waals surface area contributed by atoms with Crippen LogP contribution in [0, 0.1) is 5.92 Å². The SMILES string of the molecule is COc1ccc(NC23SCC(=O)C2CCc2ccccc23)cc1. The third kappa shape index (κ3) is 2.32. The van der Waals surface area contributed by atoms with E-state index in [4.69, 9.17) is 4.74 Å². The molecular formula is C19H19NO2S. The molecule has 0 radical (unpaired) electrons. The van der Waals surface area contributed by atoms with E-state index in [1.54, 1.807) is 18.9 Å². The predicted molar refractivity (Wildman–Crippen MR) is 94.0 cm³/mol. The summed E-state index contributed by atoms with van der Waals surface area (Å²) in [4.78, 5) is 12.1. The summed E-state index contributed by atoms with van der Waals surface area (Å²) in [6.45, 7) is 0. The number of methoxy groups -OCH3 is 1. The van der Waals surface area contributed by atoms with Crippen molar-refractivity contribution < 1.29 is 9.53 Å². The van der Waals surface area contributed by atoms with E-state index in [2.05, 4.69) is 29.6 Å². The van der Waals surface area contributed by atoms with E-state index >= 15 is 0 Å². The molecule has 1 N–H and O–H groups in total. The second-order valence-corrected chi connectivity index (χ2v) is 7.31. The molecule has 4 rings (SSSR count). The van der Waals surface area contributed by atoms with Crippen molar-refractivity contribution in [1.29, 1.82) is 0 Å². The fraction of sp³-hybridized carbons (Fsp3) is 0.316. The third-order valence-corrected chi connectivity index (χ3v) is 6.35. The Balaban J connectivity index is 1.77. The van der Waals surface area contributed by atoms with Gasteiger partial charge in [-0.25, -0.2) is 0 Å². The first kappa shape index (κ1) is 14.6. The van der Waals surface area contributed by atoms with E-state index < -0.39 is 0 Å². The predicted octanol–water partition coefficient (Wildman–Crippen LogP) is 3.84. The van der Waals surface area contributed by atoms with E-state index in [1.807, 2.05) is 24.3 Å². The number of carbonyl (C=O) groups is 1. The molecule has 1 aliphatic carbocycles. The average Bonchev–Trinajstić information content (AvgIpc) is 2.93. The zero-order valence-electron chi connectivity index (χ0n) is 13.0. The fourth-order valence-corrected chi connectivity index (χ4v) is 5.29. The van der Waals surface area contributed by atoms with Crippen molar-refractivity contribution in [3.8, 4) is 5.75 Å². The first-order valence-electron chi connectivity index (χ1n) is 7.90. The number of anilines is 1. The molecule has 0 spiro atoms. The van der Waals surface area contributed by atoms with Crippen molar-refractivity contribution in [2.75, 3.05) is 18.2 Å². The molecule has 0 bridgehead atoms. The summed E-state index contributed by atoms with van der Waals surface area (Å²) in [6, 6.07) is 16.4. The van der Waals surface area contributed by atoms with Gasteiger partial charge in [0.1, 0.15) is 16.4 Å². The number of nitrogens with one attached hydrogen (secondary N) is 1. The van der Waals surface area contributed by atoms with Crippen molar-refractivity contribution in [2.45, 2.75) is 17.7 Å². The van der Waals surface area contributed by atoms with Crippen LogP contribution in [-0.4, -0.2) is 18.6 Å². The van der Waals surface area contributed by atoms with Gasteiger partial charge in [-0.05, 0) is 48.2 Å². The van der Waals surface area contributed by atoms with Gasteiger partial charge in [0, 0.05) is 5.69 Å². The number of Topliss-reactive ketones (excluding diaryl/α,β-unsaturated/α-hetero) is 1. The first-order chi connectivity index (χ1) is 11.2. The molecule has 2 aromatic rings. The van der Waals surface area contributed by atoms with Gasteiger partial charge in [0.05, 0.1) is 18.8 Å². The van der Waals surface area contributed by atoms with E-state index in [0.717, 1.165) is 24.3 Å². The van der Waals surface area contributed by atoms with Crippen LogP contribution in [0.4, 0.5) is 5.69 Å². The number of hydrogen-bond acceptors (Lipinski definition) is 4. The lowest BCUT2D eigenvalue weighted by molar-refractivity contribution is -0.120. The largest absolute Gasteiger partial charge is 0.497 e. The summed E-state index contributed by atoms with van der Waals surface area (Å²) in [5.41, 5.74) is 3.64. The maximum absolute atomic E-state index is 12.4. The standard InChI is InChI=1S/C19H19NO2S/c1-22-15-9-7-14(8-10-15)20-19-16-5-3-2-4-13(16)6-11-17(19)18(21)12-23-19/h2-5,7-10,17,20H,6,11-12H2,1H3. The van der Waals surface area contributed by atoms with Crippen molar-refractivity contribution in [3.63, 3.8) is 0 Å². The zero-order valence-corrected chi connectivity index (χ0v) is 13.9. The molecule has 1 aliphatic heterocycles. The summed E-state index contributed by atoms with van der Waals surface area (Å²) >= 11 is 1.74. The first-order valence-corrected chi connectivity index (χ1v) is 8.89. The quantitative estimate of drug-likeness (QED) is 0.930. The molecule has 3 nitrogen and oxygen atoms in total. The lowest BCUT2D eigenvalue weighted by atomic mass is 9.77. The maximum Gasteiger partial charge on any atom is 0.149 e. The summed E-state index contributed by atoms with van der Waals surface area (Å²) in [5, 5.41) is 3.68. The summed E-state index contributed by atoms with van der Waals surface area (Å²) < 4.78 is 5.23. The number of hydrogen-bond donors (Lipinski definition) is 1. The van der Waals surface area contributed by atoms with E-state index in [1.165, 1.54) is 11.1 Å². The normalized spacial score (nSPS) is 25.6. The minimum absolute atomic E-state index is 0.0458. The molecule has 1 fully saturated rings. The van der Waals surface area contributed by atoms with Gasteiger partial charge in [-0.3, -0.25) is 4.79 Å². The van der Waals surface area contributed by atoms with Crippen LogP contribution in [0.5, 0.6) is 5.75 Å². The summed E-state index contributed by atoms with van der Waals surface area (Å²) in [6.07, 6.45) is 1.91. The molecule has 2 unspecified atom stereocenters. The van der Waals surface area contributed by atoms with Gasteiger partial charge in [0.2, 0.25) is 0 Å². The van der Waals surface area contributed by atoms with Crippen molar-refractivity contribution in [2.24, 2.45) is 5.92 Å². The minimum Gasteiger partial charge on any atom is -0.497 e. The van der Waals surface area contributed by atoms with Crippen LogP contribution in [-0.2, 0) is 16.1 Å². The van der Waals surface area contributed by atoms with Gasteiger partial charge in [0.15, 0.2) is 0 Å². The van der Waals surface area contributed by atoms with Crippen molar-refractivity contribution >= 4 is 23.2 Å². The minimum atomic E-state index is -0.333. The molecule has 0 saturated carbocycles. The number of thioether (sulfide) groups is 1. The van der Waals surface area contributed by atoms with Crippen LogP contribution in [0.15, 0.2) is 48.5 Å². The Labute approximate surface area is 140 Å². The van der Waals surface area contributed by atoms with Gasteiger partial charge in [-0.1, -0.05) is 24.3 Å². The van der Waals surface area contributed by atoms with Gasteiger partial charge >= 0.3 is 0 Å². The molecule has 4 heteroatoms. The number of ketones is 1. The highest BCUT2D eigenvalue weighted by atomic mass is 32.2. The van der Waals surface area contributed by atoms with Gasteiger partial charge in [0.25, 0.3) is 0 Å². The highest BCUT2D eigenvalue weighted by Gasteiger charge is 2.52. The second kappa shape index (κ2) is 5.60. The zero-order chi connectivity index (χ0) is 15.9. The molecule has 0 amide bonds. The monoisotopic (exact) mass is 325 g/mol. The number of ether oxygens (including phenoxy) is 1. The third-order valence-electron chi connectivity index (χ3n) is 4.86.